The summed E-state index contributed by atoms with van der Waals surface area (Å²) in [7, 11) is 0. The Morgan fingerprint density at radius 3 is 2.47 bits per heavy atom. The average molecular weight is 441 g/mol. The normalized spacial score (nSPS) is 12.4. The molecule has 2 aromatic heterocycles. The van der Waals surface area contributed by atoms with Gasteiger partial charge in [0.05, 0.1) is 22.3 Å². The van der Waals surface area contributed by atoms with Crippen molar-refractivity contribution in [2.45, 2.75) is 31.3 Å². The van der Waals surface area contributed by atoms with E-state index in [-0.39, 0.29) is 11.7 Å². The van der Waals surface area contributed by atoms with Crippen LogP contribution in [0.15, 0.2) is 78.0 Å². The molecule has 0 spiro atoms. The summed E-state index contributed by atoms with van der Waals surface area (Å²) in [5.74, 6) is 0.723. The number of benzene rings is 3. The number of para-hydroxylation sites is 3. The number of imidazole rings is 1. The number of carbonyl (C=O) groups excluding carboxylic acids is 1. The summed E-state index contributed by atoms with van der Waals surface area (Å²) < 4.78 is 2.05. The van der Waals surface area contributed by atoms with Crippen LogP contribution in [0.25, 0.3) is 27.6 Å². The Labute approximate surface area is 190 Å². The molecule has 0 fully saturated rings. The smallest absolute Gasteiger partial charge is 0.234 e. The van der Waals surface area contributed by atoms with Gasteiger partial charge < -0.3 is 5.32 Å². The Morgan fingerprint density at radius 1 is 0.969 bits per heavy atom. The van der Waals surface area contributed by atoms with E-state index in [9.17, 15) is 4.79 Å². The second-order valence-electron chi connectivity index (χ2n) is 7.94. The van der Waals surface area contributed by atoms with Gasteiger partial charge in [-0.2, -0.15) is 0 Å². The first-order valence-corrected chi connectivity index (χ1v) is 11.8. The number of amides is 1. The van der Waals surface area contributed by atoms with Gasteiger partial charge in [0.1, 0.15) is 5.65 Å². The topological polar surface area (TPSA) is 59.3 Å². The summed E-state index contributed by atoms with van der Waals surface area (Å²) in [6, 6.07) is 24.1. The molecule has 5 rings (SSSR count). The van der Waals surface area contributed by atoms with Gasteiger partial charge in [0.2, 0.25) is 5.91 Å². The molecule has 0 aliphatic rings. The van der Waals surface area contributed by atoms with E-state index < -0.39 is 0 Å². The van der Waals surface area contributed by atoms with Crippen LogP contribution in [0.4, 0.5) is 5.69 Å². The Bertz CT molecular complexity index is 1430. The predicted octanol–water partition coefficient (Wildman–Crippen LogP) is 6.28. The molecule has 0 bridgehead atoms. The largest absolute Gasteiger partial charge is 0.325 e. The minimum atomic E-state index is -0.0566. The van der Waals surface area contributed by atoms with Gasteiger partial charge in [-0.05, 0) is 54.3 Å². The number of fused-ring (bicyclic) bond motifs is 5. The third kappa shape index (κ3) is 3.82. The van der Waals surface area contributed by atoms with Crippen molar-refractivity contribution in [2.75, 3.05) is 11.1 Å². The molecule has 5 aromatic rings. The molecule has 1 unspecified atom stereocenters. The number of aromatic nitrogens is 3. The number of anilines is 1. The van der Waals surface area contributed by atoms with Crippen molar-refractivity contribution in [3.63, 3.8) is 0 Å². The molecule has 0 radical (unpaired) electrons. The minimum absolute atomic E-state index is 0.0566. The second-order valence-corrected chi connectivity index (χ2v) is 8.88. The molecule has 160 valence electrons. The number of hydrogen-bond acceptors (Lipinski definition) is 4. The second kappa shape index (κ2) is 8.63. The van der Waals surface area contributed by atoms with E-state index in [1.807, 2.05) is 60.7 Å². The van der Waals surface area contributed by atoms with Crippen LogP contribution in [-0.4, -0.2) is 26.0 Å². The van der Waals surface area contributed by atoms with E-state index in [1.54, 1.807) is 0 Å². The molecule has 32 heavy (non-hydrogen) atoms. The summed E-state index contributed by atoms with van der Waals surface area (Å²) in [5, 5.41) is 4.76. The SMILES string of the molecule is CCC(C)c1ccc(NC(=O)CSc2nc3ccccc3c3nc4ccccc4n23)cc1. The van der Waals surface area contributed by atoms with E-state index in [4.69, 9.17) is 9.97 Å². The van der Waals surface area contributed by atoms with E-state index >= 15 is 0 Å². The van der Waals surface area contributed by atoms with Gasteiger partial charge in [-0.3, -0.25) is 9.20 Å². The summed E-state index contributed by atoms with van der Waals surface area (Å²) >= 11 is 1.42. The van der Waals surface area contributed by atoms with Crippen LogP contribution in [0, 0.1) is 0 Å². The van der Waals surface area contributed by atoms with Gasteiger partial charge >= 0.3 is 0 Å². The van der Waals surface area contributed by atoms with Crippen LogP contribution in [0.3, 0.4) is 0 Å². The molecule has 1 N–H and O–H groups in total. The highest BCUT2D eigenvalue weighted by atomic mass is 32.2. The number of carbonyl (C=O) groups is 1. The minimum Gasteiger partial charge on any atom is -0.325 e. The van der Waals surface area contributed by atoms with Crippen LogP contribution in [0.1, 0.15) is 31.7 Å². The number of thioether (sulfide) groups is 1. The van der Waals surface area contributed by atoms with Crippen molar-refractivity contribution in [3.05, 3.63) is 78.4 Å². The first kappa shape index (κ1) is 20.5. The molecule has 0 aliphatic carbocycles. The van der Waals surface area contributed by atoms with Gasteiger partial charge in [-0.1, -0.05) is 62.0 Å². The maximum Gasteiger partial charge on any atom is 0.234 e. The van der Waals surface area contributed by atoms with E-state index in [1.165, 1.54) is 17.3 Å². The summed E-state index contributed by atoms with van der Waals surface area (Å²) in [5.41, 5.74) is 5.74. The molecule has 5 nitrogen and oxygen atoms in total. The third-order valence-corrected chi connectivity index (χ3v) is 6.76. The molecule has 0 saturated carbocycles. The van der Waals surface area contributed by atoms with E-state index in [2.05, 4.69) is 35.7 Å². The molecule has 1 atom stereocenters. The Kier molecular flexibility index (Phi) is 5.53. The molecule has 2 heterocycles. The van der Waals surface area contributed by atoms with Gasteiger partial charge in [-0.25, -0.2) is 9.97 Å². The molecule has 0 aliphatic heterocycles. The lowest BCUT2D eigenvalue weighted by Crippen LogP contribution is -2.14. The average Bonchev–Trinajstić information content (AvgIpc) is 3.23. The van der Waals surface area contributed by atoms with Gasteiger partial charge in [0.25, 0.3) is 0 Å². The fourth-order valence-electron chi connectivity index (χ4n) is 3.87. The predicted molar refractivity (Wildman–Crippen MR) is 133 cm³/mol. The highest BCUT2D eigenvalue weighted by Crippen LogP contribution is 2.29. The van der Waals surface area contributed by atoms with Crippen molar-refractivity contribution >= 4 is 50.9 Å². The monoisotopic (exact) mass is 440 g/mol. The van der Waals surface area contributed by atoms with Gasteiger partial charge in [-0.15, -0.1) is 0 Å². The first-order valence-electron chi connectivity index (χ1n) is 10.8. The van der Waals surface area contributed by atoms with Crippen molar-refractivity contribution in [1.29, 1.82) is 0 Å². The molecule has 6 heteroatoms. The highest BCUT2D eigenvalue weighted by Gasteiger charge is 2.15. The van der Waals surface area contributed by atoms with Crippen LogP contribution in [0.2, 0.25) is 0 Å². The Hall–Kier alpha value is -3.38. The number of rotatable bonds is 6. The third-order valence-electron chi connectivity index (χ3n) is 5.82. The lowest BCUT2D eigenvalue weighted by atomic mass is 9.99. The lowest BCUT2D eigenvalue weighted by molar-refractivity contribution is -0.113. The van der Waals surface area contributed by atoms with Gasteiger partial charge in [0.15, 0.2) is 5.16 Å². The first-order chi connectivity index (χ1) is 15.6. The zero-order valence-corrected chi connectivity index (χ0v) is 18.9. The zero-order valence-electron chi connectivity index (χ0n) is 18.1. The maximum absolute atomic E-state index is 12.7. The summed E-state index contributed by atoms with van der Waals surface area (Å²) in [6.45, 7) is 4.39. The molecular formula is C26H24N4OS. The fourth-order valence-corrected chi connectivity index (χ4v) is 4.68. The highest BCUT2D eigenvalue weighted by molar-refractivity contribution is 7.99. The van der Waals surface area contributed by atoms with E-state index in [0.717, 1.165) is 44.8 Å². The van der Waals surface area contributed by atoms with Crippen molar-refractivity contribution < 1.29 is 4.79 Å². The zero-order chi connectivity index (χ0) is 22.1. The maximum atomic E-state index is 12.7. The standard InChI is InChI=1S/C26H24N4OS/c1-3-17(2)18-12-14-19(15-13-18)27-24(31)16-32-26-29-21-9-5-4-8-20(21)25-28-22-10-6-7-11-23(22)30(25)26/h4-15,17H,3,16H2,1-2H3,(H,27,31). The number of nitrogens with one attached hydrogen (secondary N) is 1. The Morgan fingerprint density at radius 2 is 1.69 bits per heavy atom. The van der Waals surface area contributed by atoms with Crippen LogP contribution >= 0.6 is 11.8 Å². The number of hydrogen-bond donors (Lipinski definition) is 1. The molecular weight excluding hydrogens is 416 g/mol. The Balaban J connectivity index is 1.41. The van der Waals surface area contributed by atoms with Crippen molar-refractivity contribution in [3.8, 4) is 0 Å². The summed E-state index contributed by atoms with van der Waals surface area (Å²) in [6.07, 6.45) is 1.10. The van der Waals surface area contributed by atoms with Crippen LogP contribution in [-0.2, 0) is 4.79 Å². The quantitative estimate of drug-likeness (QED) is 0.249. The van der Waals surface area contributed by atoms with Crippen molar-refractivity contribution in [2.24, 2.45) is 0 Å². The molecule has 3 aromatic carbocycles. The fraction of sp³-hybridized carbons (Fsp3) is 0.192. The lowest BCUT2D eigenvalue weighted by Gasteiger charge is -2.11. The molecule has 0 saturated heterocycles. The van der Waals surface area contributed by atoms with Crippen LogP contribution in [0.5, 0.6) is 0 Å². The summed E-state index contributed by atoms with van der Waals surface area (Å²) in [4.78, 5) is 22.4. The number of nitrogens with zero attached hydrogens (tertiary/aromatic N) is 3. The van der Waals surface area contributed by atoms with Crippen molar-refractivity contribution in [1.82, 2.24) is 14.4 Å². The van der Waals surface area contributed by atoms with Gasteiger partial charge in [0, 0.05) is 11.1 Å². The van der Waals surface area contributed by atoms with Crippen LogP contribution < -0.4 is 5.32 Å². The molecule has 1 amide bonds. The van der Waals surface area contributed by atoms with E-state index in [0.29, 0.717) is 5.92 Å².